The molecular formula is C23H23NO3S. The Hall–Kier alpha value is -2.66. The topological polar surface area (TPSA) is 48.4 Å². The van der Waals surface area contributed by atoms with Crippen LogP contribution >= 0.6 is 11.3 Å². The SMILES string of the molecule is C=C(C)C(=O)OC1CCC(Oc2ccc3cc(-c4cccnc4)sc3c2)C1C. The molecule has 28 heavy (non-hydrogen) atoms. The zero-order chi connectivity index (χ0) is 19.7. The first-order valence-electron chi connectivity index (χ1n) is 9.48. The number of aromatic nitrogens is 1. The van der Waals surface area contributed by atoms with Crippen molar-refractivity contribution in [2.24, 2.45) is 5.92 Å². The molecule has 0 saturated heterocycles. The van der Waals surface area contributed by atoms with Crippen LogP contribution in [-0.4, -0.2) is 23.2 Å². The molecular weight excluding hydrogens is 370 g/mol. The third kappa shape index (κ3) is 3.80. The Bertz CT molecular complexity index is 1010. The molecule has 1 fully saturated rings. The maximum Gasteiger partial charge on any atom is 0.333 e. The van der Waals surface area contributed by atoms with Crippen molar-refractivity contribution in [2.75, 3.05) is 0 Å². The van der Waals surface area contributed by atoms with E-state index in [1.165, 1.54) is 15.0 Å². The van der Waals surface area contributed by atoms with Crippen LogP contribution in [0.15, 0.2) is 60.9 Å². The summed E-state index contributed by atoms with van der Waals surface area (Å²) in [6, 6.07) is 12.4. The quantitative estimate of drug-likeness (QED) is 0.416. The number of carbonyl (C=O) groups is 1. The number of nitrogens with zero attached hydrogens (tertiary/aromatic N) is 1. The van der Waals surface area contributed by atoms with E-state index in [0.29, 0.717) is 5.57 Å². The molecule has 0 N–H and O–H groups in total. The van der Waals surface area contributed by atoms with Crippen molar-refractivity contribution >= 4 is 27.4 Å². The van der Waals surface area contributed by atoms with Crippen LogP contribution in [-0.2, 0) is 9.53 Å². The van der Waals surface area contributed by atoms with Gasteiger partial charge in [0.2, 0.25) is 0 Å². The number of pyridine rings is 1. The Morgan fingerprint density at radius 1 is 1.21 bits per heavy atom. The van der Waals surface area contributed by atoms with E-state index in [-0.39, 0.29) is 24.1 Å². The van der Waals surface area contributed by atoms with E-state index < -0.39 is 0 Å². The molecule has 5 heteroatoms. The van der Waals surface area contributed by atoms with Gasteiger partial charge < -0.3 is 9.47 Å². The molecule has 2 heterocycles. The van der Waals surface area contributed by atoms with Crippen molar-refractivity contribution in [1.82, 2.24) is 4.98 Å². The van der Waals surface area contributed by atoms with Crippen molar-refractivity contribution in [3.8, 4) is 16.2 Å². The summed E-state index contributed by atoms with van der Waals surface area (Å²) in [5.74, 6) is 0.685. The molecule has 0 aliphatic heterocycles. The Morgan fingerprint density at radius 2 is 2.04 bits per heavy atom. The van der Waals surface area contributed by atoms with Crippen molar-refractivity contribution in [3.63, 3.8) is 0 Å². The smallest absolute Gasteiger partial charge is 0.333 e. The van der Waals surface area contributed by atoms with Gasteiger partial charge in [0.25, 0.3) is 0 Å². The molecule has 0 bridgehead atoms. The lowest BCUT2D eigenvalue weighted by molar-refractivity contribution is -0.146. The molecule has 0 amide bonds. The molecule has 4 rings (SSSR count). The maximum absolute atomic E-state index is 11.8. The predicted molar refractivity (Wildman–Crippen MR) is 113 cm³/mol. The minimum absolute atomic E-state index is 0.0399. The van der Waals surface area contributed by atoms with Gasteiger partial charge in [-0.25, -0.2) is 4.79 Å². The standard InChI is InChI=1S/C23H23NO3S/c1-14(2)23(25)27-20-9-8-19(15(20)3)26-18-7-6-16-11-21(28-22(16)12-18)17-5-4-10-24-13-17/h4-7,10-13,15,19-20H,1,8-9H2,2-3H3. The van der Waals surface area contributed by atoms with Gasteiger partial charge in [-0.05, 0) is 55.5 Å². The van der Waals surface area contributed by atoms with Crippen LogP contribution in [0.2, 0.25) is 0 Å². The number of esters is 1. The van der Waals surface area contributed by atoms with Gasteiger partial charge in [-0.2, -0.15) is 0 Å². The van der Waals surface area contributed by atoms with Crippen molar-refractivity contribution in [2.45, 2.75) is 38.9 Å². The van der Waals surface area contributed by atoms with Crippen molar-refractivity contribution in [3.05, 3.63) is 60.9 Å². The van der Waals surface area contributed by atoms with Gasteiger partial charge in [0.15, 0.2) is 0 Å². The fraction of sp³-hybridized carbons (Fsp3) is 0.304. The number of rotatable bonds is 5. The fourth-order valence-corrected chi connectivity index (χ4v) is 4.66. The first kappa shape index (κ1) is 18.7. The van der Waals surface area contributed by atoms with E-state index in [4.69, 9.17) is 9.47 Å². The zero-order valence-corrected chi connectivity index (χ0v) is 16.9. The summed E-state index contributed by atoms with van der Waals surface area (Å²) in [6.07, 6.45) is 5.28. The molecule has 144 valence electrons. The van der Waals surface area contributed by atoms with Crippen molar-refractivity contribution < 1.29 is 14.3 Å². The highest BCUT2D eigenvalue weighted by molar-refractivity contribution is 7.22. The second kappa shape index (κ2) is 7.76. The van der Waals surface area contributed by atoms with E-state index in [9.17, 15) is 4.79 Å². The highest BCUT2D eigenvalue weighted by atomic mass is 32.1. The first-order chi connectivity index (χ1) is 13.5. The van der Waals surface area contributed by atoms with Crippen molar-refractivity contribution in [1.29, 1.82) is 0 Å². The van der Waals surface area contributed by atoms with Gasteiger partial charge in [0, 0.05) is 39.0 Å². The van der Waals surface area contributed by atoms with E-state index in [2.05, 4.69) is 42.8 Å². The summed E-state index contributed by atoms with van der Waals surface area (Å²) < 4.78 is 13.0. The minimum Gasteiger partial charge on any atom is -0.490 e. The molecule has 3 atom stereocenters. The minimum atomic E-state index is -0.319. The molecule has 4 nitrogen and oxygen atoms in total. The molecule has 1 saturated carbocycles. The summed E-state index contributed by atoms with van der Waals surface area (Å²) in [6.45, 7) is 7.41. The molecule has 3 aromatic rings. The van der Waals surface area contributed by atoms with Crippen LogP contribution < -0.4 is 4.74 Å². The molecule has 0 spiro atoms. The normalized spacial score (nSPS) is 21.6. The average molecular weight is 394 g/mol. The van der Waals surface area contributed by atoms with E-state index in [1.807, 2.05) is 18.3 Å². The van der Waals surface area contributed by atoms with Crippen LogP contribution in [0, 0.1) is 5.92 Å². The molecule has 1 aliphatic rings. The Labute approximate surface area is 168 Å². The second-order valence-corrected chi connectivity index (χ2v) is 8.45. The molecule has 1 aromatic carbocycles. The van der Waals surface area contributed by atoms with Gasteiger partial charge in [0.05, 0.1) is 0 Å². The average Bonchev–Trinajstić information content (AvgIpc) is 3.27. The molecule has 1 aliphatic carbocycles. The summed E-state index contributed by atoms with van der Waals surface area (Å²) in [7, 11) is 0. The largest absolute Gasteiger partial charge is 0.490 e. The Morgan fingerprint density at radius 3 is 2.79 bits per heavy atom. The summed E-state index contributed by atoms with van der Waals surface area (Å²) in [5, 5.41) is 1.20. The van der Waals surface area contributed by atoms with Gasteiger partial charge in [-0.15, -0.1) is 11.3 Å². The first-order valence-corrected chi connectivity index (χ1v) is 10.3. The second-order valence-electron chi connectivity index (χ2n) is 7.37. The Balaban J connectivity index is 1.48. The van der Waals surface area contributed by atoms with E-state index in [0.717, 1.165) is 24.2 Å². The van der Waals surface area contributed by atoms with Crippen LogP contribution in [0.1, 0.15) is 26.7 Å². The third-order valence-electron chi connectivity index (χ3n) is 5.24. The number of benzene rings is 1. The highest BCUT2D eigenvalue weighted by Gasteiger charge is 2.37. The molecule has 0 radical (unpaired) electrons. The van der Waals surface area contributed by atoms with Crippen LogP contribution in [0.3, 0.4) is 0 Å². The van der Waals surface area contributed by atoms with Crippen LogP contribution in [0.5, 0.6) is 5.75 Å². The Kier molecular flexibility index (Phi) is 5.18. The lowest BCUT2D eigenvalue weighted by Crippen LogP contribution is -2.28. The van der Waals surface area contributed by atoms with E-state index >= 15 is 0 Å². The number of hydrogen-bond acceptors (Lipinski definition) is 5. The molecule has 2 aromatic heterocycles. The predicted octanol–water partition coefficient (Wildman–Crippen LogP) is 5.63. The zero-order valence-electron chi connectivity index (χ0n) is 16.1. The number of ether oxygens (including phenoxy) is 2. The summed E-state index contributed by atoms with van der Waals surface area (Å²) in [4.78, 5) is 17.2. The summed E-state index contributed by atoms with van der Waals surface area (Å²) >= 11 is 1.74. The number of thiophene rings is 1. The number of fused-ring (bicyclic) bond motifs is 1. The summed E-state index contributed by atoms with van der Waals surface area (Å²) in [5.41, 5.74) is 1.56. The highest BCUT2D eigenvalue weighted by Crippen LogP contribution is 2.37. The maximum atomic E-state index is 11.8. The molecule has 3 unspecified atom stereocenters. The number of carbonyl (C=O) groups excluding carboxylic acids is 1. The van der Waals surface area contributed by atoms with Gasteiger partial charge in [0.1, 0.15) is 18.0 Å². The van der Waals surface area contributed by atoms with Gasteiger partial charge in [-0.1, -0.05) is 19.6 Å². The lowest BCUT2D eigenvalue weighted by Gasteiger charge is -2.22. The van der Waals surface area contributed by atoms with Gasteiger partial charge in [-0.3, -0.25) is 4.98 Å². The van der Waals surface area contributed by atoms with Crippen LogP contribution in [0.4, 0.5) is 0 Å². The van der Waals surface area contributed by atoms with Gasteiger partial charge >= 0.3 is 5.97 Å². The van der Waals surface area contributed by atoms with E-state index in [1.54, 1.807) is 24.5 Å². The monoisotopic (exact) mass is 393 g/mol. The fourth-order valence-electron chi connectivity index (χ4n) is 3.57. The third-order valence-corrected chi connectivity index (χ3v) is 6.39. The number of hydrogen-bond donors (Lipinski definition) is 0. The lowest BCUT2D eigenvalue weighted by atomic mass is 10.1. The van der Waals surface area contributed by atoms with Crippen LogP contribution in [0.25, 0.3) is 20.5 Å².